The fourth-order valence-electron chi connectivity index (χ4n) is 2.35. The van der Waals surface area contributed by atoms with Crippen molar-refractivity contribution in [1.82, 2.24) is 0 Å². The van der Waals surface area contributed by atoms with Crippen molar-refractivity contribution in [1.29, 1.82) is 0 Å². The summed E-state index contributed by atoms with van der Waals surface area (Å²) in [7, 11) is 0. The number of hydrogen-bond acceptors (Lipinski definition) is 0. The molecule has 2 unspecified atom stereocenters. The van der Waals surface area contributed by atoms with Gasteiger partial charge in [-0.2, -0.15) is 0 Å². The second kappa shape index (κ2) is 9.55. The highest BCUT2D eigenvalue weighted by molar-refractivity contribution is 4.64. The van der Waals surface area contributed by atoms with Crippen molar-refractivity contribution >= 4 is 0 Å². The van der Waals surface area contributed by atoms with Crippen molar-refractivity contribution in [2.45, 2.75) is 79.1 Å². The largest absolute Gasteiger partial charge is 0.0654 e. The second-order valence-electron chi connectivity index (χ2n) is 4.72. The number of rotatable bonds is 9. The minimum atomic E-state index is 1.00. The van der Waals surface area contributed by atoms with Crippen molar-refractivity contribution in [3.8, 4) is 0 Å². The van der Waals surface area contributed by atoms with E-state index in [1.165, 1.54) is 51.4 Å². The molecule has 0 aliphatic rings. The summed E-state index contributed by atoms with van der Waals surface area (Å²) in [5, 5.41) is 0. The second-order valence-corrected chi connectivity index (χ2v) is 4.72. The minimum absolute atomic E-state index is 1.00. The molecule has 0 radical (unpaired) electrons. The van der Waals surface area contributed by atoms with Crippen LogP contribution in [0.4, 0.5) is 0 Å². The van der Waals surface area contributed by atoms with Gasteiger partial charge in [-0.05, 0) is 18.3 Å². The van der Waals surface area contributed by atoms with E-state index >= 15 is 0 Å². The maximum absolute atomic E-state index is 2.36. The van der Waals surface area contributed by atoms with Crippen molar-refractivity contribution < 1.29 is 0 Å². The van der Waals surface area contributed by atoms with E-state index in [1.807, 2.05) is 0 Å². The Morgan fingerprint density at radius 2 is 1.29 bits per heavy atom. The Kier molecular flexibility index (Phi) is 9.55. The highest BCUT2D eigenvalue weighted by atomic mass is 14.2. The molecular weight excluding hydrogens is 168 g/mol. The van der Waals surface area contributed by atoms with Gasteiger partial charge < -0.3 is 0 Å². The van der Waals surface area contributed by atoms with Gasteiger partial charge in [0, 0.05) is 0 Å². The Hall–Kier alpha value is 0. The Bertz CT molecular complexity index is 107. The smallest absolute Gasteiger partial charge is 0.0414 e. The van der Waals surface area contributed by atoms with Crippen molar-refractivity contribution in [3.63, 3.8) is 0 Å². The molecule has 0 aliphatic heterocycles. The zero-order valence-corrected chi connectivity index (χ0v) is 10.8. The fraction of sp³-hybridized carbons (Fsp3) is 1.00. The van der Waals surface area contributed by atoms with Crippen molar-refractivity contribution in [2.75, 3.05) is 0 Å². The van der Waals surface area contributed by atoms with Crippen LogP contribution in [-0.2, 0) is 0 Å². The molecule has 0 amide bonds. The van der Waals surface area contributed by atoms with Gasteiger partial charge >= 0.3 is 0 Å². The quantitative estimate of drug-likeness (QED) is 0.464. The van der Waals surface area contributed by atoms with Crippen LogP contribution in [0.3, 0.4) is 0 Å². The molecule has 86 valence electrons. The number of unbranched alkanes of at least 4 members (excludes halogenated alkanes) is 1. The normalized spacial score (nSPS) is 15.4. The van der Waals surface area contributed by atoms with E-state index in [0.717, 1.165) is 11.8 Å². The Morgan fingerprint density at radius 3 is 1.71 bits per heavy atom. The molecule has 0 rings (SSSR count). The monoisotopic (exact) mass is 198 g/mol. The van der Waals surface area contributed by atoms with Crippen LogP contribution in [0.15, 0.2) is 0 Å². The SMILES string of the molecule is CCCCC(CC)CC(CC)CCC. The van der Waals surface area contributed by atoms with Gasteiger partial charge in [0.1, 0.15) is 0 Å². The molecule has 0 aromatic carbocycles. The van der Waals surface area contributed by atoms with Crippen molar-refractivity contribution in [2.24, 2.45) is 11.8 Å². The molecule has 14 heavy (non-hydrogen) atoms. The van der Waals surface area contributed by atoms with E-state index in [0.29, 0.717) is 0 Å². The van der Waals surface area contributed by atoms with Gasteiger partial charge in [-0.1, -0.05) is 72.6 Å². The van der Waals surface area contributed by atoms with Crippen molar-refractivity contribution in [3.05, 3.63) is 0 Å². The van der Waals surface area contributed by atoms with Gasteiger partial charge in [0.2, 0.25) is 0 Å². The molecule has 2 atom stereocenters. The predicted molar refractivity (Wildman–Crippen MR) is 66.6 cm³/mol. The fourth-order valence-corrected chi connectivity index (χ4v) is 2.35. The minimum Gasteiger partial charge on any atom is -0.0654 e. The first kappa shape index (κ1) is 14.0. The lowest BCUT2D eigenvalue weighted by atomic mass is 9.85. The maximum atomic E-state index is 2.36. The molecule has 0 aliphatic carbocycles. The first-order valence-corrected chi connectivity index (χ1v) is 6.78. The van der Waals surface area contributed by atoms with E-state index in [4.69, 9.17) is 0 Å². The lowest BCUT2D eigenvalue weighted by molar-refractivity contribution is 0.315. The molecule has 0 heterocycles. The molecule has 0 heteroatoms. The Labute approximate surface area is 91.5 Å². The standard InChI is InChI=1S/C14H30/c1-5-9-11-14(8-4)12-13(7-3)10-6-2/h13-14H,5-12H2,1-4H3. The van der Waals surface area contributed by atoms with Gasteiger partial charge in [0.25, 0.3) is 0 Å². The topological polar surface area (TPSA) is 0 Å². The molecule has 0 N–H and O–H groups in total. The van der Waals surface area contributed by atoms with Crippen LogP contribution in [0.25, 0.3) is 0 Å². The van der Waals surface area contributed by atoms with E-state index in [9.17, 15) is 0 Å². The molecule has 0 aromatic heterocycles. The molecule has 0 aromatic rings. The molecule has 0 saturated carbocycles. The van der Waals surface area contributed by atoms with Crippen LogP contribution in [0.5, 0.6) is 0 Å². The lowest BCUT2D eigenvalue weighted by Crippen LogP contribution is -2.08. The summed E-state index contributed by atoms with van der Waals surface area (Å²) in [5.41, 5.74) is 0. The van der Waals surface area contributed by atoms with Crippen LogP contribution < -0.4 is 0 Å². The van der Waals surface area contributed by atoms with E-state index in [2.05, 4.69) is 27.7 Å². The van der Waals surface area contributed by atoms with E-state index in [1.54, 1.807) is 0 Å². The molecule has 0 fully saturated rings. The predicted octanol–water partition coefficient (Wildman–Crippen LogP) is 5.42. The van der Waals surface area contributed by atoms with Gasteiger partial charge in [-0.25, -0.2) is 0 Å². The maximum Gasteiger partial charge on any atom is -0.0414 e. The van der Waals surface area contributed by atoms with Crippen LogP contribution in [-0.4, -0.2) is 0 Å². The molecule has 0 saturated heterocycles. The first-order valence-electron chi connectivity index (χ1n) is 6.78. The third kappa shape index (κ3) is 6.45. The summed E-state index contributed by atoms with van der Waals surface area (Å²) in [4.78, 5) is 0. The Balaban J connectivity index is 3.75. The van der Waals surface area contributed by atoms with Gasteiger partial charge in [-0.15, -0.1) is 0 Å². The van der Waals surface area contributed by atoms with Gasteiger partial charge in [0.05, 0.1) is 0 Å². The number of hydrogen-bond donors (Lipinski definition) is 0. The molecule has 0 spiro atoms. The molecule has 0 nitrogen and oxygen atoms in total. The first-order chi connectivity index (χ1) is 6.78. The van der Waals surface area contributed by atoms with Crippen LogP contribution >= 0.6 is 0 Å². The third-order valence-electron chi connectivity index (χ3n) is 3.48. The highest BCUT2D eigenvalue weighted by Crippen LogP contribution is 2.26. The van der Waals surface area contributed by atoms with Crippen LogP contribution in [0.2, 0.25) is 0 Å². The van der Waals surface area contributed by atoms with E-state index in [-0.39, 0.29) is 0 Å². The van der Waals surface area contributed by atoms with Crippen LogP contribution in [0, 0.1) is 11.8 Å². The van der Waals surface area contributed by atoms with Crippen LogP contribution in [0.1, 0.15) is 79.1 Å². The van der Waals surface area contributed by atoms with E-state index < -0.39 is 0 Å². The molecule has 0 bridgehead atoms. The summed E-state index contributed by atoms with van der Waals surface area (Å²) in [5.74, 6) is 2.01. The summed E-state index contributed by atoms with van der Waals surface area (Å²) in [6, 6.07) is 0. The van der Waals surface area contributed by atoms with Gasteiger partial charge in [0.15, 0.2) is 0 Å². The average Bonchev–Trinajstić information content (AvgIpc) is 2.22. The zero-order chi connectivity index (χ0) is 10.8. The molecular formula is C14H30. The van der Waals surface area contributed by atoms with Gasteiger partial charge in [-0.3, -0.25) is 0 Å². The Morgan fingerprint density at radius 1 is 0.714 bits per heavy atom. The summed E-state index contributed by atoms with van der Waals surface area (Å²) in [6.07, 6.45) is 11.3. The average molecular weight is 198 g/mol. The zero-order valence-electron chi connectivity index (χ0n) is 10.8. The third-order valence-corrected chi connectivity index (χ3v) is 3.48. The summed E-state index contributed by atoms with van der Waals surface area (Å²) >= 11 is 0. The lowest BCUT2D eigenvalue weighted by Gasteiger charge is -2.21. The summed E-state index contributed by atoms with van der Waals surface area (Å²) < 4.78 is 0. The summed E-state index contributed by atoms with van der Waals surface area (Å²) in [6.45, 7) is 9.33. The highest BCUT2D eigenvalue weighted by Gasteiger charge is 2.12.